The van der Waals surface area contributed by atoms with Gasteiger partial charge in [-0.05, 0) is 31.0 Å². The fourth-order valence-electron chi connectivity index (χ4n) is 3.24. The normalized spacial score (nSPS) is 14.5. The van der Waals surface area contributed by atoms with Crippen molar-refractivity contribution < 1.29 is 9.53 Å². The molecule has 1 aliphatic rings. The number of hydrogen-bond acceptors (Lipinski definition) is 7. The molecule has 0 spiro atoms. The van der Waals surface area contributed by atoms with Gasteiger partial charge >= 0.3 is 0 Å². The lowest BCUT2D eigenvalue weighted by molar-refractivity contribution is 0.0376. The summed E-state index contributed by atoms with van der Waals surface area (Å²) >= 11 is 1.54. The molecule has 9 heteroatoms. The third-order valence-corrected chi connectivity index (χ3v) is 5.79. The topological polar surface area (TPSA) is 71.5 Å². The van der Waals surface area contributed by atoms with Gasteiger partial charge in [-0.1, -0.05) is 17.4 Å². The van der Waals surface area contributed by atoms with E-state index in [9.17, 15) is 4.79 Å². The molecular weight excluding hydrogens is 410 g/mol. The average molecular weight is 434 g/mol. The van der Waals surface area contributed by atoms with E-state index in [2.05, 4.69) is 27.9 Å². The summed E-state index contributed by atoms with van der Waals surface area (Å²) in [6.07, 6.45) is 5.48. The van der Waals surface area contributed by atoms with Gasteiger partial charge in [0, 0.05) is 38.6 Å². The molecule has 0 bridgehead atoms. The van der Waals surface area contributed by atoms with Gasteiger partial charge in [-0.2, -0.15) is 0 Å². The Bertz CT molecular complexity index is 946. The Balaban J connectivity index is 0.00000240. The largest absolute Gasteiger partial charge is 0.379 e. The fraction of sp³-hybridized carbons (Fsp3) is 0.400. The molecule has 1 saturated heterocycles. The molecule has 3 aromatic rings. The number of carbonyl (C=O) groups is 1. The zero-order valence-electron chi connectivity index (χ0n) is 16.3. The zero-order valence-corrected chi connectivity index (χ0v) is 17.9. The number of rotatable bonds is 6. The van der Waals surface area contributed by atoms with Crippen LogP contribution in [-0.4, -0.2) is 65.2 Å². The second kappa shape index (κ2) is 10.1. The minimum atomic E-state index is -0.161. The van der Waals surface area contributed by atoms with Crippen molar-refractivity contribution >= 4 is 45.0 Å². The maximum atomic E-state index is 13.1. The third kappa shape index (κ3) is 5.27. The first-order chi connectivity index (χ1) is 13.7. The highest BCUT2D eigenvalue weighted by Crippen LogP contribution is 2.30. The summed E-state index contributed by atoms with van der Waals surface area (Å²) in [5.41, 5.74) is 2.43. The Morgan fingerprint density at radius 2 is 2.10 bits per heavy atom. The highest BCUT2D eigenvalue weighted by atomic mass is 35.5. The third-order valence-electron chi connectivity index (χ3n) is 4.75. The first-order valence-corrected chi connectivity index (χ1v) is 10.3. The quantitative estimate of drug-likeness (QED) is 0.594. The Kier molecular flexibility index (Phi) is 7.49. The van der Waals surface area contributed by atoms with Gasteiger partial charge in [0.05, 0.1) is 29.6 Å². The van der Waals surface area contributed by atoms with E-state index in [0.717, 1.165) is 49.5 Å². The van der Waals surface area contributed by atoms with Gasteiger partial charge in [-0.25, -0.2) is 9.97 Å². The Hall–Kier alpha value is -2.13. The predicted octanol–water partition coefficient (Wildman–Crippen LogP) is 3.19. The number of morpholine rings is 1. The number of thiazole rings is 1. The van der Waals surface area contributed by atoms with Gasteiger partial charge in [0.15, 0.2) is 5.13 Å². The maximum absolute atomic E-state index is 13.1. The van der Waals surface area contributed by atoms with E-state index >= 15 is 0 Å². The van der Waals surface area contributed by atoms with Crippen molar-refractivity contribution in [3.63, 3.8) is 0 Å². The van der Waals surface area contributed by atoms with Gasteiger partial charge in [0.2, 0.25) is 0 Å². The average Bonchev–Trinajstić information content (AvgIpc) is 3.15. The molecular formula is C20H24ClN5O2S. The van der Waals surface area contributed by atoms with Crippen LogP contribution in [0.1, 0.15) is 22.5 Å². The van der Waals surface area contributed by atoms with Crippen LogP contribution >= 0.6 is 23.7 Å². The van der Waals surface area contributed by atoms with Crippen LogP contribution in [0.25, 0.3) is 10.2 Å². The van der Waals surface area contributed by atoms with E-state index < -0.39 is 0 Å². The number of halogens is 1. The van der Waals surface area contributed by atoms with Gasteiger partial charge in [-0.15, -0.1) is 12.4 Å². The Morgan fingerprint density at radius 1 is 1.28 bits per heavy atom. The summed E-state index contributed by atoms with van der Waals surface area (Å²) in [5, 5.41) is 0.707. The van der Waals surface area contributed by atoms with Gasteiger partial charge in [0.25, 0.3) is 5.91 Å². The van der Waals surface area contributed by atoms with E-state index in [1.165, 1.54) is 11.8 Å². The Labute approximate surface area is 180 Å². The van der Waals surface area contributed by atoms with Crippen LogP contribution in [0.2, 0.25) is 0 Å². The number of hydrogen-bond donors (Lipinski definition) is 0. The summed E-state index contributed by atoms with van der Waals surface area (Å²) < 4.78 is 6.49. The number of ether oxygens (including phenoxy) is 1. The van der Waals surface area contributed by atoms with Crippen LogP contribution in [0.15, 0.2) is 36.8 Å². The van der Waals surface area contributed by atoms with E-state index in [1.807, 2.05) is 12.1 Å². The summed E-state index contributed by atoms with van der Waals surface area (Å²) in [7, 11) is 0. The van der Waals surface area contributed by atoms with E-state index in [4.69, 9.17) is 9.72 Å². The maximum Gasteiger partial charge on any atom is 0.280 e. The molecule has 7 nitrogen and oxygen atoms in total. The van der Waals surface area contributed by atoms with E-state index in [0.29, 0.717) is 17.4 Å². The molecule has 0 radical (unpaired) electrons. The fourth-order valence-corrected chi connectivity index (χ4v) is 4.33. The molecule has 2 aromatic heterocycles. The molecule has 4 rings (SSSR count). The van der Waals surface area contributed by atoms with Crippen molar-refractivity contribution in [2.24, 2.45) is 0 Å². The lowest BCUT2D eigenvalue weighted by Crippen LogP contribution is -2.39. The lowest BCUT2D eigenvalue weighted by Gasteiger charge is -2.27. The van der Waals surface area contributed by atoms with Crippen molar-refractivity contribution in [2.75, 3.05) is 44.3 Å². The monoisotopic (exact) mass is 433 g/mol. The molecule has 1 aromatic carbocycles. The number of anilines is 1. The number of benzene rings is 1. The van der Waals surface area contributed by atoms with Crippen LogP contribution in [0.3, 0.4) is 0 Å². The molecule has 1 aliphatic heterocycles. The second-order valence-corrected chi connectivity index (χ2v) is 7.83. The van der Waals surface area contributed by atoms with Crippen LogP contribution < -0.4 is 4.90 Å². The number of fused-ring (bicyclic) bond motifs is 1. The van der Waals surface area contributed by atoms with Crippen LogP contribution in [0.4, 0.5) is 5.13 Å². The molecule has 0 saturated carbocycles. The molecule has 0 aliphatic carbocycles. The number of aromatic nitrogens is 3. The van der Waals surface area contributed by atoms with Crippen molar-refractivity contribution in [1.82, 2.24) is 19.9 Å². The molecule has 0 N–H and O–H groups in total. The van der Waals surface area contributed by atoms with Crippen LogP contribution in [0.5, 0.6) is 0 Å². The van der Waals surface area contributed by atoms with Crippen molar-refractivity contribution in [2.45, 2.75) is 13.3 Å². The van der Waals surface area contributed by atoms with E-state index in [-0.39, 0.29) is 18.3 Å². The Morgan fingerprint density at radius 3 is 2.86 bits per heavy atom. The number of aryl methyl sites for hydroxylation is 1. The van der Waals surface area contributed by atoms with Crippen molar-refractivity contribution in [1.29, 1.82) is 0 Å². The molecule has 0 unspecified atom stereocenters. The summed E-state index contributed by atoms with van der Waals surface area (Å²) in [6.45, 7) is 7.02. The number of nitrogens with zero attached hydrogens (tertiary/aromatic N) is 5. The second-order valence-electron chi connectivity index (χ2n) is 6.82. The van der Waals surface area contributed by atoms with E-state index in [1.54, 1.807) is 28.6 Å². The highest BCUT2D eigenvalue weighted by Gasteiger charge is 2.23. The molecule has 1 fully saturated rings. The SMILES string of the molecule is Cc1ccc2nc(N(CCCN3CCOCC3)C(=O)c3cnccn3)sc2c1.Cl. The first kappa shape index (κ1) is 21.6. The van der Waals surface area contributed by atoms with Gasteiger partial charge in [0.1, 0.15) is 5.69 Å². The molecule has 29 heavy (non-hydrogen) atoms. The summed E-state index contributed by atoms with van der Waals surface area (Å²) in [6, 6.07) is 6.15. The van der Waals surface area contributed by atoms with Crippen LogP contribution in [0, 0.1) is 6.92 Å². The minimum absolute atomic E-state index is 0. The lowest BCUT2D eigenvalue weighted by atomic mass is 10.2. The molecule has 0 atom stereocenters. The first-order valence-electron chi connectivity index (χ1n) is 9.46. The number of carbonyl (C=O) groups excluding carboxylic acids is 1. The van der Waals surface area contributed by atoms with Crippen molar-refractivity contribution in [3.05, 3.63) is 48.0 Å². The van der Waals surface area contributed by atoms with Crippen molar-refractivity contribution in [3.8, 4) is 0 Å². The predicted molar refractivity (Wildman–Crippen MR) is 117 cm³/mol. The molecule has 3 heterocycles. The highest BCUT2D eigenvalue weighted by molar-refractivity contribution is 7.22. The summed E-state index contributed by atoms with van der Waals surface area (Å²) in [5.74, 6) is -0.161. The van der Waals surface area contributed by atoms with Gasteiger partial charge < -0.3 is 4.74 Å². The standard InChI is InChI=1S/C20H23N5O2S.ClH/c1-15-3-4-16-18(13-15)28-20(23-16)25(19(26)17-14-21-5-6-22-17)8-2-7-24-9-11-27-12-10-24;/h3-6,13-14H,2,7-12H2,1H3;1H. The van der Waals surface area contributed by atoms with Gasteiger partial charge in [-0.3, -0.25) is 19.6 Å². The molecule has 154 valence electrons. The zero-order chi connectivity index (χ0) is 19.3. The number of amides is 1. The summed E-state index contributed by atoms with van der Waals surface area (Å²) in [4.78, 5) is 30.2. The minimum Gasteiger partial charge on any atom is -0.379 e. The smallest absolute Gasteiger partial charge is 0.280 e. The molecule has 1 amide bonds. The van der Waals surface area contributed by atoms with Crippen LogP contribution in [-0.2, 0) is 4.74 Å².